The molecule has 3 rings (SSSR count). The van der Waals surface area contributed by atoms with Gasteiger partial charge in [0.05, 0.1) is 12.6 Å². The van der Waals surface area contributed by atoms with Gasteiger partial charge in [0, 0.05) is 18.7 Å². The molecule has 1 aliphatic rings. The SMILES string of the molecule is Cc1ccc(-c2noc(CN3CC[C@H](O)C3)n2)cc1F. The van der Waals surface area contributed by atoms with E-state index in [0.717, 1.165) is 13.0 Å². The van der Waals surface area contributed by atoms with Crippen molar-refractivity contribution < 1.29 is 14.0 Å². The predicted molar refractivity (Wildman–Crippen MR) is 70.3 cm³/mol. The van der Waals surface area contributed by atoms with Gasteiger partial charge in [-0.05, 0) is 25.0 Å². The zero-order valence-electron chi connectivity index (χ0n) is 11.2. The molecule has 1 fully saturated rings. The number of likely N-dealkylation sites (tertiary alicyclic amines) is 1. The van der Waals surface area contributed by atoms with E-state index in [2.05, 4.69) is 15.0 Å². The van der Waals surface area contributed by atoms with Crippen LogP contribution in [0.2, 0.25) is 0 Å². The summed E-state index contributed by atoms with van der Waals surface area (Å²) in [4.78, 5) is 6.33. The monoisotopic (exact) mass is 277 g/mol. The van der Waals surface area contributed by atoms with E-state index >= 15 is 0 Å². The van der Waals surface area contributed by atoms with Crippen LogP contribution in [0.4, 0.5) is 4.39 Å². The molecule has 0 saturated carbocycles. The lowest BCUT2D eigenvalue weighted by Crippen LogP contribution is -2.21. The Labute approximate surface area is 116 Å². The number of hydrogen-bond acceptors (Lipinski definition) is 5. The maximum Gasteiger partial charge on any atom is 0.241 e. The van der Waals surface area contributed by atoms with Gasteiger partial charge in [-0.3, -0.25) is 4.90 Å². The fraction of sp³-hybridized carbons (Fsp3) is 0.429. The molecule has 0 amide bonds. The average molecular weight is 277 g/mol. The van der Waals surface area contributed by atoms with Gasteiger partial charge in [0.2, 0.25) is 11.7 Å². The summed E-state index contributed by atoms with van der Waals surface area (Å²) in [5.74, 6) is 0.588. The molecule has 0 bridgehead atoms. The normalized spacial score (nSPS) is 19.6. The molecule has 5 nitrogen and oxygen atoms in total. The highest BCUT2D eigenvalue weighted by Crippen LogP contribution is 2.20. The predicted octanol–water partition coefficient (Wildman–Crippen LogP) is 1.75. The molecule has 1 aromatic heterocycles. The van der Waals surface area contributed by atoms with Crippen LogP contribution in [-0.2, 0) is 6.54 Å². The van der Waals surface area contributed by atoms with Crippen LogP contribution in [-0.4, -0.2) is 39.3 Å². The van der Waals surface area contributed by atoms with Gasteiger partial charge in [0.1, 0.15) is 5.82 Å². The highest BCUT2D eigenvalue weighted by atomic mass is 19.1. The minimum absolute atomic E-state index is 0.274. The summed E-state index contributed by atoms with van der Waals surface area (Å²) < 4.78 is 18.7. The molecule has 1 N–H and O–H groups in total. The van der Waals surface area contributed by atoms with Crippen molar-refractivity contribution in [1.82, 2.24) is 15.0 Å². The number of benzene rings is 1. The molecule has 6 heteroatoms. The van der Waals surface area contributed by atoms with Crippen molar-refractivity contribution in [2.75, 3.05) is 13.1 Å². The Bertz CT molecular complexity index is 614. The van der Waals surface area contributed by atoms with E-state index in [4.69, 9.17) is 4.52 Å². The molecule has 0 unspecified atom stereocenters. The molecule has 1 aromatic carbocycles. The number of nitrogens with zero attached hydrogens (tertiary/aromatic N) is 3. The number of rotatable bonds is 3. The summed E-state index contributed by atoms with van der Waals surface area (Å²) in [5.41, 5.74) is 1.19. The number of aromatic nitrogens is 2. The summed E-state index contributed by atoms with van der Waals surface area (Å²) in [6.07, 6.45) is 0.494. The van der Waals surface area contributed by atoms with Crippen LogP contribution in [0.1, 0.15) is 17.9 Å². The van der Waals surface area contributed by atoms with Gasteiger partial charge < -0.3 is 9.63 Å². The number of aliphatic hydroxyl groups is 1. The molecule has 1 saturated heterocycles. The molecule has 106 valence electrons. The molecule has 2 heterocycles. The minimum atomic E-state index is -0.281. The van der Waals surface area contributed by atoms with E-state index in [-0.39, 0.29) is 11.9 Å². The molecular weight excluding hydrogens is 261 g/mol. The van der Waals surface area contributed by atoms with Gasteiger partial charge in [-0.2, -0.15) is 4.98 Å². The number of β-amino-alcohol motifs (C(OH)–C–C–N with tert-alkyl or cyclic N) is 1. The third-order valence-electron chi connectivity index (χ3n) is 3.50. The Morgan fingerprint density at radius 2 is 2.35 bits per heavy atom. The first-order valence-corrected chi connectivity index (χ1v) is 6.61. The summed E-state index contributed by atoms with van der Waals surface area (Å²) in [6.45, 7) is 3.66. The third kappa shape index (κ3) is 2.71. The molecule has 0 radical (unpaired) electrons. The zero-order chi connectivity index (χ0) is 14.1. The van der Waals surface area contributed by atoms with Crippen molar-refractivity contribution >= 4 is 0 Å². The second-order valence-electron chi connectivity index (χ2n) is 5.15. The van der Waals surface area contributed by atoms with E-state index in [1.165, 1.54) is 6.07 Å². The second-order valence-corrected chi connectivity index (χ2v) is 5.15. The van der Waals surface area contributed by atoms with E-state index in [0.29, 0.717) is 35.9 Å². The van der Waals surface area contributed by atoms with Crippen molar-refractivity contribution in [3.05, 3.63) is 35.5 Å². The van der Waals surface area contributed by atoms with Crippen molar-refractivity contribution in [3.63, 3.8) is 0 Å². The summed E-state index contributed by atoms with van der Waals surface area (Å²) in [7, 11) is 0. The summed E-state index contributed by atoms with van der Waals surface area (Å²) >= 11 is 0. The van der Waals surface area contributed by atoms with Crippen LogP contribution in [0.25, 0.3) is 11.4 Å². The smallest absolute Gasteiger partial charge is 0.241 e. The maximum absolute atomic E-state index is 13.5. The lowest BCUT2D eigenvalue weighted by molar-refractivity contribution is 0.169. The molecular formula is C14H16FN3O2. The highest BCUT2D eigenvalue weighted by Gasteiger charge is 2.22. The Morgan fingerprint density at radius 1 is 1.50 bits per heavy atom. The molecule has 0 aliphatic carbocycles. The van der Waals surface area contributed by atoms with Crippen LogP contribution in [0.3, 0.4) is 0 Å². The van der Waals surface area contributed by atoms with Crippen LogP contribution in [0.5, 0.6) is 0 Å². The average Bonchev–Trinajstić information content (AvgIpc) is 3.03. The van der Waals surface area contributed by atoms with E-state index in [9.17, 15) is 9.50 Å². The number of halogens is 1. The molecule has 1 atom stereocenters. The zero-order valence-corrected chi connectivity index (χ0v) is 11.2. The third-order valence-corrected chi connectivity index (χ3v) is 3.50. The van der Waals surface area contributed by atoms with E-state index in [1.54, 1.807) is 19.1 Å². The summed E-state index contributed by atoms with van der Waals surface area (Å²) in [6, 6.07) is 4.87. The first kappa shape index (κ1) is 13.2. The van der Waals surface area contributed by atoms with Crippen LogP contribution >= 0.6 is 0 Å². The van der Waals surface area contributed by atoms with Gasteiger partial charge >= 0.3 is 0 Å². The van der Waals surface area contributed by atoms with Crippen molar-refractivity contribution in [2.24, 2.45) is 0 Å². The van der Waals surface area contributed by atoms with E-state index in [1.807, 2.05) is 0 Å². The Hall–Kier alpha value is -1.79. The fourth-order valence-electron chi connectivity index (χ4n) is 2.32. The first-order valence-electron chi connectivity index (χ1n) is 6.61. The van der Waals surface area contributed by atoms with Crippen molar-refractivity contribution in [1.29, 1.82) is 0 Å². The Kier molecular flexibility index (Phi) is 3.50. The van der Waals surface area contributed by atoms with Gasteiger partial charge in [-0.15, -0.1) is 0 Å². The molecule has 2 aromatic rings. The first-order chi connectivity index (χ1) is 9.61. The summed E-state index contributed by atoms with van der Waals surface area (Å²) in [5, 5.41) is 13.3. The standard InChI is InChI=1S/C14H16FN3O2/c1-9-2-3-10(6-12(9)15)14-16-13(20-17-14)8-18-5-4-11(19)7-18/h2-3,6,11,19H,4-5,7-8H2,1H3/t11-/m0/s1. The number of hydrogen-bond donors (Lipinski definition) is 1. The molecule has 1 aliphatic heterocycles. The Morgan fingerprint density at radius 3 is 3.05 bits per heavy atom. The highest BCUT2D eigenvalue weighted by molar-refractivity contribution is 5.54. The lowest BCUT2D eigenvalue weighted by atomic mass is 10.1. The van der Waals surface area contributed by atoms with Gasteiger partial charge in [-0.1, -0.05) is 17.3 Å². The van der Waals surface area contributed by atoms with Crippen molar-refractivity contribution in [2.45, 2.75) is 26.0 Å². The van der Waals surface area contributed by atoms with Crippen LogP contribution < -0.4 is 0 Å². The van der Waals surface area contributed by atoms with Crippen LogP contribution in [0, 0.1) is 12.7 Å². The maximum atomic E-state index is 13.5. The number of aryl methyl sites for hydroxylation is 1. The fourth-order valence-corrected chi connectivity index (χ4v) is 2.32. The van der Waals surface area contributed by atoms with Crippen LogP contribution in [0.15, 0.2) is 22.7 Å². The van der Waals surface area contributed by atoms with E-state index < -0.39 is 0 Å². The quantitative estimate of drug-likeness (QED) is 0.926. The molecule has 0 spiro atoms. The Balaban J connectivity index is 1.74. The molecule has 20 heavy (non-hydrogen) atoms. The topological polar surface area (TPSA) is 62.4 Å². The largest absolute Gasteiger partial charge is 0.392 e. The van der Waals surface area contributed by atoms with Gasteiger partial charge in [0.15, 0.2) is 0 Å². The lowest BCUT2D eigenvalue weighted by Gasteiger charge is -2.10. The van der Waals surface area contributed by atoms with Gasteiger partial charge in [0.25, 0.3) is 0 Å². The number of aliphatic hydroxyl groups excluding tert-OH is 1. The minimum Gasteiger partial charge on any atom is -0.392 e. The second kappa shape index (κ2) is 5.30. The van der Waals surface area contributed by atoms with Crippen molar-refractivity contribution in [3.8, 4) is 11.4 Å². The van der Waals surface area contributed by atoms with Gasteiger partial charge in [-0.25, -0.2) is 4.39 Å².